The lowest BCUT2D eigenvalue weighted by Gasteiger charge is -2.10. The van der Waals surface area contributed by atoms with Crippen molar-refractivity contribution in [3.63, 3.8) is 0 Å². The van der Waals surface area contributed by atoms with Crippen LogP contribution in [0.15, 0.2) is 24.6 Å². The molecular weight excluding hydrogens is 136 g/mol. The van der Waals surface area contributed by atoms with E-state index in [1.165, 1.54) is 19.3 Å². The van der Waals surface area contributed by atoms with Crippen LogP contribution < -0.4 is 10.6 Å². The Morgan fingerprint density at radius 3 is 2.73 bits per heavy atom. The molecule has 2 nitrogen and oxygen atoms in total. The molecule has 62 valence electrons. The Hall–Kier alpha value is -0.920. The monoisotopic (exact) mass is 152 g/mol. The number of unbranched alkanes of at least 4 members (excludes halogenated alkanes) is 1. The van der Waals surface area contributed by atoms with Crippen LogP contribution in [0.5, 0.6) is 0 Å². The van der Waals surface area contributed by atoms with E-state index < -0.39 is 0 Å². The van der Waals surface area contributed by atoms with E-state index in [4.69, 9.17) is 0 Å². The maximum atomic E-state index is 3.22. The van der Waals surface area contributed by atoms with E-state index in [2.05, 4.69) is 29.7 Å². The van der Waals surface area contributed by atoms with Gasteiger partial charge >= 0.3 is 0 Å². The summed E-state index contributed by atoms with van der Waals surface area (Å²) >= 11 is 0. The van der Waals surface area contributed by atoms with Crippen molar-refractivity contribution in [1.82, 2.24) is 10.6 Å². The molecule has 11 heavy (non-hydrogen) atoms. The predicted molar refractivity (Wildman–Crippen MR) is 47.9 cm³/mol. The topological polar surface area (TPSA) is 24.1 Å². The molecule has 0 radical (unpaired) electrons. The number of hydrogen-bond acceptors (Lipinski definition) is 2. The van der Waals surface area contributed by atoms with Gasteiger partial charge in [0.15, 0.2) is 0 Å². The number of rotatable bonds is 4. The van der Waals surface area contributed by atoms with Crippen molar-refractivity contribution in [2.75, 3.05) is 0 Å². The van der Waals surface area contributed by atoms with Crippen LogP contribution in [-0.4, -0.2) is 6.17 Å². The molecule has 0 saturated heterocycles. The first-order chi connectivity index (χ1) is 5.43. The van der Waals surface area contributed by atoms with Crippen LogP contribution in [0.4, 0.5) is 0 Å². The third kappa shape index (κ3) is 3.12. The highest BCUT2D eigenvalue weighted by atomic mass is 15.1. The lowest BCUT2D eigenvalue weighted by atomic mass is 10.2. The summed E-state index contributed by atoms with van der Waals surface area (Å²) in [7, 11) is 0. The molecule has 0 unspecified atom stereocenters. The molecule has 1 aliphatic heterocycles. The van der Waals surface area contributed by atoms with Crippen LogP contribution in [0.3, 0.4) is 0 Å². The van der Waals surface area contributed by atoms with Crippen molar-refractivity contribution in [3.05, 3.63) is 24.6 Å². The number of hydrogen-bond donors (Lipinski definition) is 2. The van der Waals surface area contributed by atoms with Gasteiger partial charge in [-0.15, -0.1) is 0 Å². The van der Waals surface area contributed by atoms with Crippen molar-refractivity contribution in [2.45, 2.75) is 32.4 Å². The summed E-state index contributed by atoms with van der Waals surface area (Å²) in [5.74, 6) is 0. The van der Waals surface area contributed by atoms with Crippen molar-refractivity contribution in [2.24, 2.45) is 0 Å². The Kier molecular flexibility index (Phi) is 3.59. The van der Waals surface area contributed by atoms with Gasteiger partial charge in [0, 0.05) is 12.4 Å². The molecule has 0 atom stereocenters. The molecule has 2 N–H and O–H groups in total. The first-order valence-corrected chi connectivity index (χ1v) is 4.22. The standard InChI is InChI=1S/C9H16N2/c1-2-3-4-5-6-9-10-7-8-11-9/h2-3,7-11H,4-6H2,1H3/b3-2+. The molecule has 0 amide bonds. The zero-order valence-corrected chi connectivity index (χ0v) is 7.01. The molecule has 0 aromatic heterocycles. The van der Waals surface area contributed by atoms with Gasteiger partial charge in [-0.2, -0.15) is 0 Å². The first-order valence-electron chi connectivity index (χ1n) is 4.22. The van der Waals surface area contributed by atoms with Crippen LogP contribution in [0.1, 0.15) is 26.2 Å². The van der Waals surface area contributed by atoms with Gasteiger partial charge in [-0.25, -0.2) is 0 Å². The Labute approximate surface area is 68.4 Å². The summed E-state index contributed by atoms with van der Waals surface area (Å²) in [4.78, 5) is 0. The molecule has 0 bridgehead atoms. The van der Waals surface area contributed by atoms with Gasteiger partial charge in [-0.05, 0) is 26.2 Å². The van der Waals surface area contributed by atoms with E-state index in [9.17, 15) is 0 Å². The normalized spacial score (nSPS) is 17.2. The second kappa shape index (κ2) is 4.83. The zero-order chi connectivity index (χ0) is 7.94. The highest BCUT2D eigenvalue weighted by Gasteiger charge is 2.05. The largest absolute Gasteiger partial charge is 0.370 e. The van der Waals surface area contributed by atoms with Gasteiger partial charge in [0.1, 0.15) is 0 Å². The SMILES string of the molecule is C/C=C/CCCC1NC=CN1. The minimum atomic E-state index is 0.472. The van der Waals surface area contributed by atoms with Crippen LogP contribution in [-0.2, 0) is 0 Å². The fraction of sp³-hybridized carbons (Fsp3) is 0.556. The number of allylic oxidation sites excluding steroid dienone is 2. The van der Waals surface area contributed by atoms with Crippen LogP contribution in [0.2, 0.25) is 0 Å². The van der Waals surface area contributed by atoms with Gasteiger partial charge in [0.2, 0.25) is 0 Å². The molecule has 2 heteroatoms. The molecule has 1 heterocycles. The van der Waals surface area contributed by atoms with Crippen molar-refractivity contribution in [3.8, 4) is 0 Å². The van der Waals surface area contributed by atoms with Gasteiger partial charge in [0.25, 0.3) is 0 Å². The summed E-state index contributed by atoms with van der Waals surface area (Å²) in [5.41, 5.74) is 0. The zero-order valence-electron chi connectivity index (χ0n) is 7.01. The van der Waals surface area contributed by atoms with Crippen LogP contribution in [0, 0.1) is 0 Å². The Balaban J connectivity index is 1.95. The van der Waals surface area contributed by atoms with Gasteiger partial charge in [-0.1, -0.05) is 12.2 Å². The average Bonchev–Trinajstić information content (AvgIpc) is 2.50. The quantitative estimate of drug-likeness (QED) is 0.473. The van der Waals surface area contributed by atoms with E-state index in [0.717, 1.165) is 0 Å². The van der Waals surface area contributed by atoms with Crippen molar-refractivity contribution in [1.29, 1.82) is 0 Å². The fourth-order valence-corrected chi connectivity index (χ4v) is 1.15. The Morgan fingerprint density at radius 2 is 2.09 bits per heavy atom. The summed E-state index contributed by atoms with van der Waals surface area (Å²) in [5, 5.41) is 6.44. The minimum Gasteiger partial charge on any atom is -0.370 e. The van der Waals surface area contributed by atoms with Crippen LogP contribution >= 0.6 is 0 Å². The van der Waals surface area contributed by atoms with E-state index >= 15 is 0 Å². The Morgan fingerprint density at radius 1 is 1.36 bits per heavy atom. The summed E-state index contributed by atoms with van der Waals surface area (Å²) in [6.07, 6.45) is 12.3. The second-order valence-electron chi connectivity index (χ2n) is 2.72. The highest BCUT2D eigenvalue weighted by molar-refractivity contribution is 4.90. The first kappa shape index (κ1) is 8.18. The second-order valence-corrected chi connectivity index (χ2v) is 2.72. The van der Waals surface area contributed by atoms with E-state index in [0.29, 0.717) is 6.17 Å². The minimum absolute atomic E-state index is 0.472. The van der Waals surface area contributed by atoms with E-state index in [1.54, 1.807) is 0 Å². The van der Waals surface area contributed by atoms with Crippen molar-refractivity contribution < 1.29 is 0 Å². The predicted octanol–water partition coefficient (Wildman–Crippen LogP) is 1.72. The molecule has 0 aromatic rings. The van der Waals surface area contributed by atoms with Crippen LogP contribution in [0.25, 0.3) is 0 Å². The molecule has 1 aliphatic rings. The Bertz CT molecular complexity index is 142. The van der Waals surface area contributed by atoms with Gasteiger partial charge < -0.3 is 10.6 Å². The third-order valence-corrected chi connectivity index (χ3v) is 1.78. The fourth-order valence-electron chi connectivity index (χ4n) is 1.15. The van der Waals surface area contributed by atoms with Gasteiger partial charge in [0.05, 0.1) is 6.17 Å². The summed E-state index contributed by atoms with van der Waals surface area (Å²) in [6, 6.07) is 0. The average molecular weight is 152 g/mol. The third-order valence-electron chi connectivity index (χ3n) is 1.78. The van der Waals surface area contributed by atoms with E-state index in [-0.39, 0.29) is 0 Å². The summed E-state index contributed by atoms with van der Waals surface area (Å²) < 4.78 is 0. The maximum absolute atomic E-state index is 3.22. The maximum Gasteiger partial charge on any atom is 0.0955 e. The lowest BCUT2D eigenvalue weighted by Crippen LogP contribution is -2.30. The van der Waals surface area contributed by atoms with Gasteiger partial charge in [-0.3, -0.25) is 0 Å². The highest BCUT2D eigenvalue weighted by Crippen LogP contribution is 2.01. The molecule has 0 aromatic carbocycles. The molecule has 0 aliphatic carbocycles. The number of nitrogens with one attached hydrogen (secondary N) is 2. The van der Waals surface area contributed by atoms with E-state index in [1.807, 2.05) is 12.4 Å². The smallest absolute Gasteiger partial charge is 0.0955 e. The lowest BCUT2D eigenvalue weighted by molar-refractivity contribution is 0.510. The summed E-state index contributed by atoms with van der Waals surface area (Å²) in [6.45, 7) is 2.06. The molecule has 0 spiro atoms. The molecule has 1 rings (SSSR count). The molecular formula is C9H16N2. The molecule has 0 saturated carbocycles. The molecule has 0 fully saturated rings. The van der Waals surface area contributed by atoms with Crippen molar-refractivity contribution >= 4 is 0 Å².